The predicted molar refractivity (Wildman–Crippen MR) is 68.8 cm³/mol. The number of benzene rings is 1. The summed E-state index contributed by atoms with van der Waals surface area (Å²) in [6, 6.07) is 4.65. The molecule has 92 valence electrons. The van der Waals surface area contributed by atoms with Crippen LogP contribution in [0.4, 0.5) is 5.69 Å². The number of hydrogen-bond acceptors (Lipinski definition) is 3. The first-order valence-electron chi connectivity index (χ1n) is 5.23. The molecule has 0 amide bonds. The molecule has 0 radical (unpaired) electrons. The molecular weight excluding hydrogens is 236 g/mol. The first-order valence-corrected chi connectivity index (χ1v) is 6.71. The third kappa shape index (κ3) is 3.77. The normalized spacial score (nSPS) is 10.7. The Labute approximate surface area is 102 Å². The Balaban J connectivity index is 2.81. The summed E-state index contributed by atoms with van der Waals surface area (Å²) in [5.74, 6) is 5.50. The van der Waals surface area contributed by atoms with Crippen LogP contribution in [0.15, 0.2) is 23.1 Å². The average molecular weight is 252 g/mol. The number of nitrogen functional groups attached to an aromatic ring is 1. The van der Waals surface area contributed by atoms with Crippen LogP contribution < -0.4 is 10.5 Å². The second-order valence-electron chi connectivity index (χ2n) is 3.59. The van der Waals surface area contributed by atoms with Gasteiger partial charge in [-0.2, -0.15) is 0 Å². The van der Waals surface area contributed by atoms with Crippen molar-refractivity contribution < 1.29 is 8.42 Å². The molecule has 5 heteroatoms. The number of rotatable bonds is 4. The van der Waals surface area contributed by atoms with Gasteiger partial charge in [-0.15, -0.1) is 11.8 Å². The number of hydrogen-bond donors (Lipinski definition) is 2. The van der Waals surface area contributed by atoms with Gasteiger partial charge in [-0.25, -0.2) is 13.1 Å². The Kier molecular flexibility index (Phi) is 4.55. The van der Waals surface area contributed by atoms with Crippen LogP contribution in [0, 0.1) is 18.8 Å². The number of sulfonamides is 1. The monoisotopic (exact) mass is 252 g/mol. The van der Waals surface area contributed by atoms with Gasteiger partial charge in [0, 0.05) is 18.7 Å². The third-order valence-corrected chi connectivity index (χ3v) is 3.73. The lowest BCUT2D eigenvalue weighted by molar-refractivity contribution is 0.582. The van der Waals surface area contributed by atoms with Crippen molar-refractivity contribution in [1.82, 2.24) is 4.72 Å². The summed E-state index contributed by atoms with van der Waals surface area (Å²) in [4.78, 5) is 0.230. The van der Waals surface area contributed by atoms with Crippen molar-refractivity contribution in [2.24, 2.45) is 0 Å². The molecule has 0 unspecified atom stereocenters. The van der Waals surface area contributed by atoms with E-state index in [1.807, 2.05) is 0 Å². The lowest BCUT2D eigenvalue weighted by atomic mass is 10.2. The van der Waals surface area contributed by atoms with Gasteiger partial charge in [-0.3, -0.25) is 0 Å². The van der Waals surface area contributed by atoms with Gasteiger partial charge in [0.15, 0.2) is 0 Å². The lowest BCUT2D eigenvalue weighted by Crippen LogP contribution is -2.24. The van der Waals surface area contributed by atoms with Crippen molar-refractivity contribution >= 4 is 15.7 Å². The van der Waals surface area contributed by atoms with Crippen molar-refractivity contribution in [3.05, 3.63) is 23.8 Å². The molecule has 0 aromatic heterocycles. The van der Waals surface area contributed by atoms with Crippen LogP contribution in [0.25, 0.3) is 0 Å². The highest BCUT2D eigenvalue weighted by Gasteiger charge is 2.13. The highest BCUT2D eigenvalue weighted by Crippen LogP contribution is 2.16. The standard InChI is InChI=1S/C12H16N2O2S/c1-3-4-5-8-14-17(15,16)11-6-7-12(13)10(2)9-11/h6-7,9,14H,5,8,13H2,1-2H3. The van der Waals surface area contributed by atoms with Gasteiger partial charge in [-0.1, -0.05) is 0 Å². The summed E-state index contributed by atoms with van der Waals surface area (Å²) in [6.45, 7) is 3.81. The van der Waals surface area contributed by atoms with Gasteiger partial charge < -0.3 is 5.73 Å². The number of nitrogens with one attached hydrogen (secondary N) is 1. The van der Waals surface area contributed by atoms with E-state index in [-0.39, 0.29) is 4.90 Å². The molecule has 4 nitrogen and oxygen atoms in total. The Morgan fingerprint density at radius 1 is 1.41 bits per heavy atom. The smallest absolute Gasteiger partial charge is 0.240 e. The van der Waals surface area contributed by atoms with Gasteiger partial charge in [0.25, 0.3) is 0 Å². The molecule has 0 heterocycles. The van der Waals surface area contributed by atoms with E-state index in [0.717, 1.165) is 5.56 Å². The number of aryl methyl sites for hydroxylation is 1. The summed E-state index contributed by atoms with van der Waals surface area (Å²) in [5.41, 5.74) is 6.97. The Bertz CT molecular complexity index is 554. The lowest BCUT2D eigenvalue weighted by Gasteiger charge is -2.07. The predicted octanol–water partition coefficient (Wildman–Crippen LogP) is 1.27. The summed E-state index contributed by atoms with van der Waals surface area (Å²) in [5, 5.41) is 0. The first-order chi connectivity index (χ1) is 7.97. The number of nitrogens with two attached hydrogens (primary N) is 1. The first kappa shape index (κ1) is 13.6. The van der Waals surface area contributed by atoms with E-state index in [4.69, 9.17) is 5.73 Å². The average Bonchev–Trinajstić information content (AvgIpc) is 2.28. The quantitative estimate of drug-likeness (QED) is 0.481. The molecule has 1 aromatic carbocycles. The maximum absolute atomic E-state index is 11.9. The van der Waals surface area contributed by atoms with Crippen LogP contribution in [0.5, 0.6) is 0 Å². The van der Waals surface area contributed by atoms with E-state index < -0.39 is 10.0 Å². The maximum atomic E-state index is 11.9. The molecule has 0 bridgehead atoms. The van der Waals surface area contributed by atoms with E-state index in [1.165, 1.54) is 6.07 Å². The zero-order valence-corrected chi connectivity index (χ0v) is 10.8. The summed E-state index contributed by atoms with van der Waals surface area (Å²) in [7, 11) is -3.45. The van der Waals surface area contributed by atoms with E-state index >= 15 is 0 Å². The molecule has 0 saturated heterocycles. The van der Waals surface area contributed by atoms with Crippen molar-refractivity contribution in [2.75, 3.05) is 12.3 Å². The minimum absolute atomic E-state index is 0.230. The van der Waals surface area contributed by atoms with Crippen LogP contribution in [0.1, 0.15) is 18.9 Å². The fourth-order valence-corrected chi connectivity index (χ4v) is 2.39. The molecule has 0 atom stereocenters. The molecule has 0 aliphatic heterocycles. The fraction of sp³-hybridized carbons (Fsp3) is 0.333. The molecule has 0 fully saturated rings. The maximum Gasteiger partial charge on any atom is 0.240 e. The van der Waals surface area contributed by atoms with Crippen LogP contribution in [0.2, 0.25) is 0 Å². The van der Waals surface area contributed by atoms with Gasteiger partial charge >= 0.3 is 0 Å². The molecule has 1 rings (SSSR count). The van der Waals surface area contributed by atoms with Gasteiger partial charge in [0.1, 0.15) is 0 Å². The Hall–Kier alpha value is -1.51. The minimum atomic E-state index is -3.45. The van der Waals surface area contributed by atoms with Gasteiger partial charge in [0.2, 0.25) is 10.0 Å². The second-order valence-corrected chi connectivity index (χ2v) is 5.36. The second kappa shape index (κ2) is 5.71. The van der Waals surface area contributed by atoms with Crippen LogP contribution in [-0.4, -0.2) is 15.0 Å². The van der Waals surface area contributed by atoms with Crippen molar-refractivity contribution in [1.29, 1.82) is 0 Å². The van der Waals surface area contributed by atoms with E-state index in [1.54, 1.807) is 26.0 Å². The summed E-state index contributed by atoms with van der Waals surface area (Å²) < 4.78 is 26.2. The third-order valence-electron chi connectivity index (χ3n) is 2.27. The molecule has 0 aliphatic carbocycles. The molecule has 3 N–H and O–H groups in total. The van der Waals surface area contributed by atoms with Gasteiger partial charge in [0.05, 0.1) is 4.90 Å². The SMILES string of the molecule is CC#CCCNS(=O)(=O)c1ccc(N)c(C)c1. The Morgan fingerprint density at radius 3 is 2.71 bits per heavy atom. The molecule has 0 aliphatic rings. The van der Waals surface area contributed by atoms with Crippen molar-refractivity contribution in [3.8, 4) is 11.8 Å². The highest BCUT2D eigenvalue weighted by atomic mass is 32.2. The van der Waals surface area contributed by atoms with Crippen LogP contribution >= 0.6 is 0 Å². The highest BCUT2D eigenvalue weighted by molar-refractivity contribution is 7.89. The van der Waals surface area contributed by atoms with E-state index in [2.05, 4.69) is 16.6 Å². The van der Waals surface area contributed by atoms with E-state index in [0.29, 0.717) is 18.7 Å². The topological polar surface area (TPSA) is 72.2 Å². The minimum Gasteiger partial charge on any atom is -0.399 e. The zero-order chi connectivity index (χ0) is 12.9. The van der Waals surface area contributed by atoms with E-state index in [9.17, 15) is 8.42 Å². The summed E-state index contributed by atoms with van der Waals surface area (Å²) >= 11 is 0. The van der Waals surface area contributed by atoms with Crippen molar-refractivity contribution in [3.63, 3.8) is 0 Å². The fourth-order valence-electron chi connectivity index (χ4n) is 1.27. The number of anilines is 1. The zero-order valence-electron chi connectivity index (χ0n) is 9.95. The summed E-state index contributed by atoms with van der Waals surface area (Å²) in [6.07, 6.45) is 0.504. The van der Waals surface area contributed by atoms with Crippen molar-refractivity contribution in [2.45, 2.75) is 25.2 Å². The molecule has 0 saturated carbocycles. The molecule has 17 heavy (non-hydrogen) atoms. The van der Waals surface area contributed by atoms with Crippen LogP contribution in [-0.2, 0) is 10.0 Å². The molecule has 0 spiro atoms. The largest absolute Gasteiger partial charge is 0.399 e. The van der Waals surface area contributed by atoms with Crippen LogP contribution in [0.3, 0.4) is 0 Å². The molecular formula is C12H16N2O2S. The molecule has 1 aromatic rings. The van der Waals surface area contributed by atoms with Gasteiger partial charge in [-0.05, 0) is 37.6 Å². The Morgan fingerprint density at radius 2 is 2.12 bits per heavy atom.